The molecule has 2 aliphatic heterocycles. The van der Waals surface area contributed by atoms with E-state index in [0.29, 0.717) is 76.6 Å². The molecule has 2 fully saturated rings. The van der Waals surface area contributed by atoms with Gasteiger partial charge in [0.25, 0.3) is 38.9 Å². The SMILES string of the molecule is CC(=O)Oc1cccc(F)c1-n1c(C)cc2c(=O)[nH]cnc2c1=O.CC(=O)Oc1cccc(F)c1-n1c(C)cc2c(Cl)ncnc2c1=O.Cc1cc2c(=O)[nH]cnc2c(=O)n1-c1c(O)cccc1F.Cc1cc2c(N3CCCCC3)ncnc2c(=O)n1-c1c(O)cccc1F.Cc1cc2c(N3CCN(C(=O)OC(C)(C)C)CC3)ncnc2c(=O)n1-c1c(O)cccc1F. The summed E-state index contributed by atoms with van der Waals surface area (Å²) >= 11 is 5.99. The van der Waals surface area contributed by atoms with E-state index in [9.17, 15) is 85.2 Å². The number of amides is 1. The van der Waals surface area contributed by atoms with Gasteiger partial charge in [-0.3, -0.25) is 66.0 Å². The highest BCUT2D eigenvalue weighted by Gasteiger charge is 2.31. The average Bonchev–Trinajstić information content (AvgIpc) is 0.754. The van der Waals surface area contributed by atoms with Crippen LogP contribution in [0.2, 0.25) is 5.15 Å². The van der Waals surface area contributed by atoms with Crippen molar-refractivity contribution in [3.05, 3.63) is 288 Å². The number of nitrogens with zero attached hydrogens (tertiary/aromatic N) is 16. The van der Waals surface area contributed by atoms with Crippen molar-refractivity contribution in [3.8, 4) is 57.2 Å². The first-order valence-corrected chi connectivity index (χ1v) is 39.7. The number of nitrogens with one attached hydrogen (secondary N) is 2. The number of aromatic amines is 2. The molecule has 17 rings (SSSR count). The summed E-state index contributed by atoms with van der Waals surface area (Å²) in [4.78, 5) is 166. The summed E-state index contributed by atoms with van der Waals surface area (Å²) in [5.74, 6) is -4.73. The smallest absolute Gasteiger partial charge is 0.410 e. The van der Waals surface area contributed by atoms with Crippen LogP contribution in [0.15, 0.2) is 187 Å². The maximum Gasteiger partial charge on any atom is 0.410 e. The number of pyridine rings is 5. The number of carbonyl (C=O) groups is 3. The molecule has 658 valence electrons. The van der Waals surface area contributed by atoms with Gasteiger partial charge in [-0.15, -0.1) is 0 Å². The minimum Gasteiger partial charge on any atom is -0.506 e. The fraction of sp³-hybridized carbons (Fsp3) is 0.227. The van der Waals surface area contributed by atoms with Crippen LogP contribution >= 0.6 is 11.6 Å². The zero-order valence-electron chi connectivity index (χ0n) is 69.9. The summed E-state index contributed by atoms with van der Waals surface area (Å²) in [6.07, 6.45) is 9.02. The summed E-state index contributed by atoms with van der Waals surface area (Å²) in [5, 5.41) is 32.0. The van der Waals surface area contributed by atoms with E-state index < -0.39 is 85.5 Å². The normalized spacial score (nSPS) is 12.6. The van der Waals surface area contributed by atoms with Crippen molar-refractivity contribution in [1.29, 1.82) is 0 Å². The molecule has 5 aromatic carbocycles. The Kier molecular flexibility index (Phi) is 26.3. The van der Waals surface area contributed by atoms with Crippen molar-refractivity contribution in [3.63, 3.8) is 0 Å². The van der Waals surface area contributed by atoms with E-state index in [2.05, 4.69) is 54.7 Å². The molecule has 128 heavy (non-hydrogen) atoms. The zero-order valence-corrected chi connectivity index (χ0v) is 70.6. The molecule has 0 radical (unpaired) electrons. The van der Waals surface area contributed by atoms with Crippen LogP contribution in [0.4, 0.5) is 38.4 Å². The molecule has 15 aromatic rings. The largest absolute Gasteiger partial charge is 0.506 e. The monoisotopic (exact) mass is 1770 g/mol. The second-order valence-electron chi connectivity index (χ2n) is 30.2. The molecule has 0 saturated carbocycles. The van der Waals surface area contributed by atoms with Crippen molar-refractivity contribution in [1.82, 2.24) is 77.6 Å². The Hall–Kier alpha value is -15.7. The molecule has 1 amide bonds. The van der Waals surface area contributed by atoms with Crippen LogP contribution in [-0.2, 0) is 14.3 Å². The molecular weight excluding hydrogens is 1700 g/mol. The van der Waals surface area contributed by atoms with Crippen molar-refractivity contribution < 1.29 is 65.9 Å². The molecule has 2 aliphatic rings. The lowest BCUT2D eigenvalue weighted by atomic mass is 10.1. The van der Waals surface area contributed by atoms with E-state index >= 15 is 0 Å². The van der Waals surface area contributed by atoms with Crippen molar-refractivity contribution >= 4 is 95.8 Å². The maximum absolute atomic E-state index is 14.5. The quantitative estimate of drug-likeness (QED) is 0.0388. The Morgan fingerprint density at radius 3 is 1.05 bits per heavy atom. The lowest BCUT2D eigenvalue weighted by molar-refractivity contribution is -0.132. The highest BCUT2D eigenvalue weighted by Crippen LogP contribution is 2.35. The second kappa shape index (κ2) is 37.4. The standard InChI is InChI=1S/C23H26FN5O4.C19H19FN4O2.C16H11ClFN3O3.C16H12FN3O4.C14H10FN3O3/c1-14-12-15-18(21(31)29(14)19-16(24)6-5-7-17(19)30)25-13-26-20(15)27-8-10-28(11-9-27)22(32)33-23(2,3)4;1-12-10-13-16(21-11-22-18(13)23-8-3-2-4-9-23)19(26)24(12)17-14(20)6-5-7-15(17)25;1-8-6-10-13(19-7-20-15(10)17)16(23)21(8)14-11(18)4-3-5-12(14)24-9(2)22;1-8-6-10-13(18-7-19-15(10)22)16(23)20(8)14-11(17)4-3-5-12(14)24-9(2)21;1-7-5-8-11(16-6-17-13(8)20)14(21)18(7)12-9(15)3-2-4-10(12)19/h5-7,12-13,30H,8-11H2,1-4H3;5-7,10-11,25H,2-4,8-9H2,1H3;3-7H,1-2H3;3-7H,1-2H3,(H,18,19,22);2-6,19H,1H3,(H,16,17,20). The lowest BCUT2D eigenvalue weighted by Crippen LogP contribution is -2.50. The summed E-state index contributed by atoms with van der Waals surface area (Å²) in [6.45, 7) is 19.6. The number of anilines is 2. The van der Waals surface area contributed by atoms with Crippen LogP contribution < -0.4 is 58.2 Å². The number of H-pyrrole nitrogens is 2. The molecule has 10 aromatic heterocycles. The first-order valence-electron chi connectivity index (χ1n) is 39.3. The predicted molar refractivity (Wildman–Crippen MR) is 464 cm³/mol. The highest BCUT2D eigenvalue weighted by atomic mass is 35.5. The number of carbonyl (C=O) groups excluding carboxylic acids is 3. The molecule has 5 N–H and O–H groups in total. The minimum absolute atomic E-state index is 0.0395. The van der Waals surface area contributed by atoms with Gasteiger partial charge in [-0.2, -0.15) is 0 Å². The van der Waals surface area contributed by atoms with Crippen LogP contribution in [0, 0.1) is 63.7 Å². The summed E-state index contributed by atoms with van der Waals surface area (Å²) in [7, 11) is 0. The third-order valence-electron chi connectivity index (χ3n) is 20.2. The Labute approximate surface area is 724 Å². The van der Waals surface area contributed by atoms with Crippen molar-refractivity contribution in [2.24, 2.45) is 0 Å². The zero-order chi connectivity index (χ0) is 92.2. The number of esters is 2. The van der Waals surface area contributed by atoms with E-state index in [1.54, 1.807) is 50.8 Å². The molecule has 12 heterocycles. The van der Waals surface area contributed by atoms with Gasteiger partial charge in [0.2, 0.25) is 0 Å². The number of piperazine rings is 1. The molecule has 34 nitrogen and oxygen atoms in total. The number of ether oxygens (including phenoxy) is 3. The minimum atomic E-state index is -0.747. The van der Waals surface area contributed by atoms with E-state index in [0.717, 1.165) is 81.1 Å². The number of aromatic hydroxyl groups is 3. The fourth-order valence-corrected chi connectivity index (χ4v) is 14.9. The molecule has 0 aliphatic carbocycles. The van der Waals surface area contributed by atoms with Crippen molar-refractivity contribution in [2.45, 2.75) is 94.1 Å². The van der Waals surface area contributed by atoms with Gasteiger partial charge in [0.05, 0.1) is 34.2 Å². The number of aromatic nitrogens is 15. The molecule has 40 heteroatoms. The number of rotatable bonds is 9. The lowest BCUT2D eigenvalue weighted by Gasteiger charge is -2.36. The van der Waals surface area contributed by atoms with Crippen LogP contribution in [0.1, 0.15) is 82.4 Å². The Bertz CT molecular complexity index is 7370. The number of phenols is 3. The van der Waals surface area contributed by atoms with E-state index in [1.807, 2.05) is 25.7 Å². The molecule has 2 saturated heterocycles. The number of benzene rings is 5. The van der Waals surface area contributed by atoms with Gasteiger partial charge in [-0.1, -0.05) is 41.9 Å². The summed E-state index contributed by atoms with van der Waals surface area (Å²) in [5.41, 5.74) is -3.36. The predicted octanol–water partition coefficient (Wildman–Crippen LogP) is 11.4. The number of para-hydroxylation sites is 5. The van der Waals surface area contributed by atoms with Gasteiger partial charge < -0.3 is 54.2 Å². The molecular formula is C88H78ClF5N18O16. The van der Waals surface area contributed by atoms with E-state index in [-0.39, 0.29) is 107 Å². The summed E-state index contributed by atoms with van der Waals surface area (Å²) < 4.78 is 92.4. The van der Waals surface area contributed by atoms with Gasteiger partial charge in [-0.05, 0) is 166 Å². The van der Waals surface area contributed by atoms with Crippen LogP contribution in [0.5, 0.6) is 28.7 Å². The number of aryl methyl sites for hydroxylation is 5. The van der Waals surface area contributed by atoms with E-state index in [4.69, 9.17) is 25.8 Å². The third-order valence-corrected chi connectivity index (χ3v) is 20.5. The van der Waals surface area contributed by atoms with Gasteiger partial charge in [0.1, 0.15) is 115 Å². The number of piperidine rings is 1. The van der Waals surface area contributed by atoms with Gasteiger partial charge in [-0.25, -0.2) is 66.6 Å². The third kappa shape index (κ3) is 18.4. The molecule has 0 bridgehead atoms. The number of hydrogen-bond acceptors (Lipinski definition) is 26. The molecule has 0 unspecified atom stereocenters. The Morgan fingerprint density at radius 2 is 0.695 bits per heavy atom. The summed E-state index contributed by atoms with van der Waals surface area (Å²) in [6, 6.07) is 27.3. The van der Waals surface area contributed by atoms with Gasteiger partial charge >= 0.3 is 18.0 Å². The Balaban J connectivity index is 0.000000138. The molecule has 0 atom stereocenters. The van der Waals surface area contributed by atoms with Crippen molar-refractivity contribution in [2.75, 3.05) is 49.1 Å². The number of fused-ring (bicyclic) bond motifs is 5. The number of hydrogen-bond donors (Lipinski definition) is 5. The number of phenolic OH excluding ortho intramolecular Hbond substituents is 3. The Morgan fingerprint density at radius 1 is 0.391 bits per heavy atom. The van der Waals surface area contributed by atoms with Crippen LogP contribution in [0.3, 0.4) is 0 Å². The molecule has 0 spiro atoms. The van der Waals surface area contributed by atoms with Crippen LogP contribution in [-0.4, -0.2) is 156 Å². The van der Waals surface area contributed by atoms with E-state index in [1.165, 1.54) is 135 Å². The first kappa shape index (κ1) is 90.0. The first-order chi connectivity index (χ1) is 60.9. The average molecular weight is 1770 g/mol. The van der Waals surface area contributed by atoms with Crippen LogP contribution in [0.25, 0.3) is 83.0 Å². The number of halogens is 6. The second-order valence-corrected chi connectivity index (χ2v) is 30.5. The van der Waals surface area contributed by atoms with Gasteiger partial charge in [0, 0.05) is 87.0 Å². The fourth-order valence-electron chi connectivity index (χ4n) is 14.7. The maximum atomic E-state index is 14.5. The topological polar surface area (TPSA) is 428 Å². The van der Waals surface area contributed by atoms with Gasteiger partial charge in [0.15, 0.2) is 40.6 Å². The highest BCUT2D eigenvalue weighted by molar-refractivity contribution is 6.34.